The van der Waals surface area contributed by atoms with Gasteiger partial charge in [-0.05, 0) is 60.1 Å². The van der Waals surface area contributed by atoms with E-state index in [2.05, 4.69) is 4.72 Å². The second-order valence-corrected chi connectivity index (χ2v) is 7.69. The van der Waals surface area contributed by atoms with Gasteiger partial charge in [0.25, 0.3) is 0 Å². The Kier molecular flexibility index (Phi) is 4.38. The van der Waals surface area contributed by atoms with E-state index in [0.717, 1.165) is 12.5 Å². The summed E-state index contributed by atoms with van der Waals surface area (Å²) < 4.78 is 27.5. The Morgan fingerprint density at radius 3 is 2.50 bits per heavy atom. The molecule has 1 saturated carbocycles. The Hall–Kier alpha value is -0.710. The lowest BCUT2D eigenvalue weighted by molar-refractivity contribution is 0.0695. The van der Waals surface area contributed by atoms with Gasteiger partial charge in [0, 0.05) is 3.57 Å². The zero-order valence-electron chi connectivity index (χ0n) is 10.5. The lowest BCUT2D eigenvalue weighted by atomic mass is 9.78. The van der Waals surface area contributed by atoms with Crippen LogP contribution in [0.25, 0.3) is 0 Å². The number of hydrogen-bond donors (Lipinski definition) is 3. The van der Waals surface area contributed by atoms with Crippen LogP contribution in [0.3, 0.4) is 0 Å². The van der Waals surface area contributed by atoms with Crippen molar-refractivity contribution in [2.75, 3.05) is 6.61 Å². The third-order valence-electron chi connectivity index (χ3n) is 3.44. The highest BCUT2D eigenvalue weighted by molar-refractivity contribution is 14.1. The fourth-order valence-electron chi connectivity index (χ4n) is 2.08. The van der Waals surface area contributed by atoms with Gasteiger partial charge in [-0.2, -0.15) is 0 Å². The fourth-order valence-corrected chi connectivity index (χ4v) is 4.12. The van der Waals surface area contributed by atoms with Gasteiger partial charge in [0.05, 0.1) is 22.6 Å². The van der Waals surface area contributed by atoms with E-state index in [1.807, 2.05) is 22.6 Å². The van der Waals surface area contributed by atoms with Gasteiger partial charge in [0.1, 0.15) is 0 Å². The summed E-state index contributed by atoms with van der Waals surface area (Å²) in [4.78, 5) is 10.9. The van der Waals surface area contributed by atoms with Crippen molar-refractivity contribution in [3.8, 4) is 0 Å². The number of carboxylic acids is 1. The number of sulfonamides is 1. The predicted octanol–water partition coefficient (Wildman–Crippen LogP) is 1.18. The topological polar surface area (TPSA) is 104 Å². The third-order valence-corrected chi connectivity index (χ3v) is 5.96. The van der Waals surface area contributed by atoms with Crippen LogP contribution in [0.4, 0.5) is 0 Å². The Morgan fingerprint density at radius 1 is 1.40 bits per heavy atom. The van der Waals surface area contributed by atoms with Crippen molar-refractivity contribution < 1.29 is 23.4 Å². The first-order valence-corrected chi connectivity index (χ1v) is 8.54. The standard InChI is InChI=1S/C12H14INO5S/c13-10-3-2-8(6-9(10)11(16)17)20(18,19)14-12(7-15)4-1-5-12/h2-3,6,14-15H,1,4-5,7H2,(H,16,17). The SMILES string of the molecule is O=C(O)c1cc(S(=O)(=O)NC2(CO)CCC2)ccc1I. The average molecular weight is 411 g/mol. The van der Waals surface area contributed by atoms with Crippen molar-refractivity contribution in [2.45, 2.75) is 29.7 Å². The number of hydrogen-bond acceptors (Lipinski definition) is 4. The van der Waals surface area contributed by atoms with Crippen LogP contribution in [0.1, 0.15) is 29.6 Å². The molecule has 8 heteroatoms. The molecule has 20 heavy (non-hydrogen) atoms. The molecule has 3 N–H and O–H groups in total. The fraction of sp³-hybridized carbons (Fsp3) is 0.417. The van der Waals surface area contributed by atoms with Crippen LogP contribution in [0.5, 0.6) is 0 Å². The van der Waals surface area contributed by atoms with Gasteiger partial charge >= 0.3 is 5.97 Å². The van der Waals surface area contributed by atoms with Gasteiger partial charge in [-0.3, -0.25) is 0 Å². The minimum atomic E-state index is -3.84. The second kappa shape index (κ2) is 5.58. The molecule has 0 heterocycles. The molecule has 0 unspecified atom stereocenters. The van der Waals surface area contributed by atoms with Crippen LogP contribution >= 0.6 is 22.6 Å². The number of rotatable bonds is 5. The van der Waals surface area contributed by atoms with E-state index in [1.54, 1.807) is 0 Å². The quantitative estimate of drug-likeness (QED) is 0.632. The molecular weight excluding hydrogens is 397 g/mol. The third kappa shape index (κ3) is 2.97. The molecule has 6 nitrogen and oxygen atoms in total. The number of halogens is 1. The van der Waals surface area contributed by atoms with E-state index in [4.69, 9.17) is 5.11 Å². The number of nitrogens with one attached hydrogen (secondary N) is 1. The maximum Gasteiger partial charge on any atom is 0.336 e. The summed E-state index contributed by atoms with van der Waals surface area (Å²) in [5.74, 6) is -1.17. The molecule has 0 aliphatic heterocycles. The van der Waals surface area contributed by atoms with E-state index in [9.17, 15) is 18.3 Å². The maximum atomic E-state index is 12.3. The summed E-state index contributed by atoms with van der Waals surface area (Å²) in [6.45, 7) is -0.262. The van der Waals surface area contributed by atoms with Crippen LogP contribution in [0.15, 0.2) is 23.1 Å². The molecule has 1 aromatic carbocycles. The molecule has 0 atom stereocenters. The van der Waals surface area contributed by atoms with Gasteiger partial charge in [-0.1, -0.05) is 0 Å². The summed E-state index contributed by atoms with van der Waals surface area (Å²) in [5, 5.41) is 18.3. The molecule has 0 bridgehead atoms. The number of aliphatic hydroxyl groups excluding tert-OH is 1. The van der Waals surface area contributed by atoms with Gasteiger partial charge in [0.15, 0.2) is 0 Å². The smallest absolute Gasteiger partial charge is 0.336 e. The molecule has 110 valence electrons. The van der Waals surface area contributed by atoms with Crippen molar-refractivity contribution in [3.63, 3.8) is 0 Å². The predicted molar refractivity (Wildman–Crippen MR) is 80.1 cm³/mol. The van der Waals surface area contributed by atoms with Crippen molar-refractivity contribution in [1.82, 2.24) is 4.72 Å². The minimum absolute atomic E-state index is 0.0554. The summed E-state index contributed by atoms with van der Waals surface area (Å²) in [7, 11) is -3.84. The Labute approximate surface area is 130 Å². The van der Waals surface area contributed by atoms with Crippen LogP contribution < -0.4 is 4.72 Å². The maximum absolute atomic E-state index is 12.3. The van der Waals surface area contributed by atoms with E-state index < -0.39 is 21.5 Å². The second-order valence-electron chi connectivity index (χ2n) is 4.84. The zero-order valence-corrected chi connectivity index (χ0v) is 13.4. The largest absolute Gasteiger partial charge is 0.478 e. The van der Waals surface area contributed by atoms with Gasteiger partial charge < -0.3 is 10.2 Å². The molecule has 0 spiro atoms. The summed E-state index contributed by atoms with van der Waals surface area (Å²) >= 11 is 1.84. The molecule has 1 aliphatic carbocycles. The zero-order chi connectivity index (χ0) is 15.0. The van der Waals surface area contributed by atoms with Crippen LogP contribution in [-0.4, -0.2) is 36.7 Å². The summed E-state index contributed by atoms with van der Waals surface area (Å²) in [6.07, 6.45) is 2.02. The van der Waals surface area contributed by atoms with Gasteiger partial charge in [0.2, 0.25) is 10.0 Å². The van der Waals surface area contributed by atoms with E-state index in [0.29, 0.717) is 16.4 Å². The number of carbonyl (C=O) groups is 1. The highest BCUT2D eigenvalue weighted by Gasteiger charge is 2.40. The van der Waals surface area contributed by atoms with Crippen molar-refractivity contribution >= 4 is 38.6 Å². The first kappa shape index (κ1) is 15.7. The number of benzene rings is 1. The lowest BCUT2D eigenvalue weighted by Crippen LogP contribution is -2.55. The molecule has 1 fully saturated rings. The molecule has 1 aliphatic rings. The number of aromatic carboxylic acids is 1. The summed E-state index contributed by atoms with van der Waals surface area (Å²) in [6, 6.07) is 3.95. The molecule has 2 rings (SSSR count). The van der Waals surface area contributed by atoms with Crippen LogP contribution in [0, 0.1) is 3.57 Å². The van der Waals surface area contributed by atoms with Crippen molar-refractivity contribution in [1.29, 1.82) is 0 Å². The lowest BCUT2D eigenvalue weighted by Gasteiger charge is -2.40. The van der Waals surface area contributed by atoms with Gasteiger partial charge in [-0.25, -0.2) is 17.9 Å². The van der Waals surface area contributed by atoms with Crippen LogP contribution in [0.2, 0.25) is 0 Å². The molecule has 1 aromatic rings. The molecule has 0 amide bonds. The monoisotopic (exact) mass is 411 g/mol. The first-order chi connectivity index (χ1) is 9.30. The highest BCUT2D eigenvalue weighted by Crippen LogP contribution is 2.33. The molecule has 0 aromatic heterocycles. The first-order valence-electron chi connectivity index (χ1n) is 5.97. The van der Waals surface area contributed by atoms with E-state index in [1.165, 1.54) is 12.1 Å². The number of carboxylic acid groups (broad SMARTS) is 1. The van der Waals surface area contributed by atoms with Gasteiger partial charge in [-0.15, -0.1) is 0 Å². The summed E-state index contributed by atoms with van der Waals surface area (Å²) in [5.41, 5.74) is -0.856. The Bertz CT molecular complexity index is 634. The molecule has 0 saturated heterocycles. The Balaban J connectivity index is 2.35. The van der Waals surface area contributed by atoms with Crippen molar-refractivity contribution in [2.24, 2.45) is 0 Å². The number of aliphatic hydroxyl groups is 1. The Morgan fingerprint density at radius 2 is 2.05 bits per heavy atom. The van der Waals surface area contributed by atoms with Crippen molar-refractivity contribution in [3.05, 3.63) is 27.3 Å². The normalized spacial score (nSPS) is 17.5. The molecular formula is C12H14INO5S. The van der Waals surface area contributed by atoms with Crippen LogP contribution in [-0.2, 0) is 10.0 Å². The minimum Gasteiger partial charge on any atom is -0.478 e. The highest BCUT2D eigenvalue weighted by atomic mass is 127. The average Bonchev–Trinajstić information content (AvgIpc) is 2.34. The van der Waals surface area contributed by atoms with E-state index >= 15 is 0 Å². The van der Waals surface area contributed by atoms with E-state index in [-0.39, 0.29) is 17.1 Å². The molecule has 0 radical (unpaired) electrons.